The molecule has 0 spiro atoms. The van der Waals surface area contributed by atoms with Gasteiger partial charge in [0, 0.05) is 0 Å². The monoisotopic (exact) mass is 244 g/mol. The fraction of sp³-hybridized carbons (Fsp3) is 1.00. The highest BCUT2D eigenvalue weighted by Gasteiger charge is 1.85. The number of halogens is 2. The molecule has 2 N–H and O–H groups in total. The van der Waals surface area contributed by atoms with Crippen LogP contribution in [0.2, 0.25) is 0 Å². The summed E-state index contributed by atoms with van der Waals surface area (Å²) in [6.07, 6.45) is 1.14. The van der Waals surface area contributed by atoms with Gasteiger partial charge in [0.1, 0.15) is 11.1 Å². The number of hydrogen-bond donors (Lipinski definition) is 2. The molecule has 0 fully saturated rings. The molecule has 0 rings (SSSR count). The minimum atomic E-state index is 0.509. The number of rotatable bonds is 1. The van der Waals surface area contributed by atoms with E-state index >= 15 is 0 Å². The summed E-state index contributed by atoms with van der Waals surface area (Å²) in [5.74, 6) is 0. The molecule has 5 heteroatoms. The van der Waals surface area contributed by atoms with Gasteiger partial charge in [0.05, 0.1) is 3.74 Å². The summed E-state index contributed by atoms with van der Waals surface area (Å²) in [6.45, 7) is 2.11. The maximum Gasteiger partial charge on any atom is 0.211 e. The minimum Gasteiger partial charge on any atom is -0.0765 e. The van der Waals surface area contributed by atoms with E-state index < -0.39 is 0 Å². The van der Waals surface area contributed by atoms with Crippen molar-refractivity contribution >= 4 is 31.9 Å². The van der Waals surface area contributed by atoms with E-state index in [1.54, 1.807) is 0 Å². The SMILES string of the molecule is CCC(Br)Br.N=[N+]=N. The maximum absolute atomic E-state index is 5.50. The Bertz CT molecular complexity index is 66.9. The average molecular weight is 246 g/mol. The van der Waals surface area contributed by atoms with E-state index in [1.165, 1.54) is 0 Å². The molecule has 0 unspecified atom stereocenters. The zero-order chi connectivity index (χ0) is 6.99. The molecule has 48 valence electrons. The van der Waals surface area contributed by atoms with Gasteiger partial charge in [0.15, 0.2) is 0 Å². The van der Waals surface area contributed by atoms with Gasteiger partial charge in [-0.15, -0.1) is 0 Å². The van der Waals surface area contributed by atoms with Crippen molar-refractivity contribution < 1.29 is 0 Å². The van der Waals surface area contributed by atoms with Gasteiger partial charge in [-0.25, -0.2) is 0 Å². The van der Waals surface area contributed by atoms with Gasteiger partial charge in [-0.1, -0.05) is 38.8 Å². The van der Waals surface area contributed by atoms with Crippen molar-refractivity contribution in [3.05, 3.63) is 0 Å². The van der Waals surface area contributed by atoms with Gasteiger partial charge >= 0.3 is 0 Å². The fourth-order valence-corrected chi connectivity index (χ4v) is 0. The fourth-order valence-electron chi connectivity index (χ4n) is 0. The van der Waals surface area contributed by atoms with Crippen LogP contribution in [0.25, 0.3) is 0 Å². The second-order valence-electron chi connectivity index (χ2n) is 0.911. The summed E-state index contributed by atoms with van der Waals surface area (Å²) in [5.41, 5.74) is 11.0. The Morgan fingerprint density at radius 3 is 1.62 bits per heavy atom. The van der Waals surface area contributed by atoms with Crippen LogP contribution < -0.4 is 4.91 Å². The van der Waals surface area contributed by atoms with Crippen molar-refractivity contribution in [2.45, 2.75) is 17.1 Å². The summed E-state index contributed by atoms with van der Waals surface area (Å²) in [6, 6.07) is 0. The van der Waals surface area contributed by atoms with Crippen LogP contribution in [-0.2, 0) is 0 Å². The molecule has 0 atom stereocenters. The summed E-state index contributed by atoms with van der Waals surface area (Å²) >= 11 is 6.58. The van der Waals surface area contributed by atoms with Gasteiger partial charge in [-0.3, -0.25) is 0 Å². The molecule has 0 saturated heterocycles. The largest absolute Gasteiger partial charge is 0.211 e. The van der Waals surface area contributed by atoms with Crippen LogP contribution in [-0.4, -0.2) is 3.74 Å². The summed E-state index contributed by atoms with van der Waals surface area (Å²) in [5, 5.41) is 0. The van der Waals surface area contributed by atoms with E-state index in [0.717, 1.165) is 6.42 Å². The third kappa shape index (κ3) is 33.8. The first-order valence-corrected chi connectivity index (χ1v) is 3.83. The molecule has 0 aliphatic heterocycles. The molecule has 0 bridgehead atoms. The third-order valence-electron chi connectivity index (χ3n) is 0.309. The Balaban J connectivity index is 0. The lowest BCUT2D eigenvalue weighted by Gasteiger charge is -1.85. The van der Waals surface area contributed by atoms with Crippen molar-refractivity contribution in [1.82, 2.24) is 4.91 Å². The Labute approximate surface area is 65.1 Å². The van der Waals surface area contributed by atoms with Gasteiger partial charge < -0.3 is 0 Å². The zero-order valence-corrected chi connectivity index (χ0v) is 7.66. The van der Waals surface area contributed by atoms with Crippen LogP contribution in [0.5, 0.6) is 0 Å². The highest BCUT2D eigenvalue weighted by atomic mass is 79.9. The molecule has 0 heterocycles. The highest BCUT2D eigenvalue weighted by Crippen LogP contribution is 2.10. The lowest BCUT2D eigenvalue weighted by Crippen LogP contribution is -1.73. The Morgan fingerprint density at radius 2 is 1.62 bits per heavy atom. The van der Waals surface area contributed by atoms with E-state index in [1.807, 2.05) is 4.91 Å². The lowest BCUT2D eigenvalue weighted by atomic mass is 10.6. The van der Waals surface area contributed by atoms with Gasteiger partial charge in [0.25, 0.3) is 0 Å². The molecule has 3 nitrogen and oxygen atoms in total. The molecule has 0 saturated carbocycles. The molecule has 0 aromatic heterocycles. The van der Waals surface area contributed by atoms with Crippen LogP contribution in [0.1, 0.15) is 13.3 Å². The molecule has 0 aromatic carbocycles. The second-order valence-corrected chi connectivity index (χ2v) is 4.35. The van der Waals surface area contributed by atoms with Crippen LogP contribution in [0.3, 0.4) is 0 Å². The first-order valence-electron chi connectivity index (χ1n) is 2.00. The quantitative estimate of drug-likeness (QED) is 0.406. The van der Waals surface area contributed by atoms with Crippen LogP contribution in [0.4, 0.5) is 0 Å². The Morgan fingerprint density at radius 1 is 1.50 bits per heavy atom. The number of nitrogens with one attached hydrogen (secondary N) is 2. The van der Waals surface area contributed by atoms with Crippen molar-refractivity contribution in [3.8, 4) is 0 Å². The molecule has 8 heavy (non-hydrogen) atoms. The van der Waals surface area contributed by atoms with Crippen LogP contribution in [0, 0.1) is 11.1 Å². The van der Waals surface area contributed by atoms with E-state index in [2.05, 4.69) is 38.8 Å². The summed E-state index contributed by atoms with van der Waals surface area (Å²) in [4.78, 5) is 2.00. The molecular formula is C3H8Br2N3+. The van der Waals surface area contributed by atoms with Gasteiger partial charge in [-0.05, 0) is 6.42 Å². The standard InChI is InChI=1S/C3H6Br2.H2N3/c1-2-3(4)5;1-3-2/h3H,2H2,1H3;1-2H/q;+1. The average Bonchev–Trinajstić information content (AvgIpc) is 1.69. The normalized spacial score (nSPS) is 7.00. The summed E-state index contributed by atoms with van der Waals surface area (Å²) < 4.78 is 0.509. The predicted octanol–water partition coefficient (Wildman–Crippen LogP) is 2.63. The number of hydrogen-bond acceptors (Lipinski definition) is 2. The Kier molecular flexibility index (Phi) is 14.3. The zero-order valence-electron chi connectivity index (χ0n) is 4.49. The molecular weight excluding hydrogens is 238 g/mol. The molecule has 0 aliphatic carbocycles. The van der Waals surface area contributed by atoms with Crippen molar-refractivity contribution in [1.29, 1.82) is 11.1 Å². The predicted molar refractivity (Wildman–Crippen MR) is 39.5 cm³/mol. The van der Waals surface area contributed by atoms with E-state index in [9.17, 15) is 0 Å². The van der Waals surface area contributed by atoms with Gasteiger partial charge in [-0.2, -0.15) is 0 Å². The third-order valence-corrected chi connectivity index (χ3v) is 1.60. The van der Waals surface area contributed by atoms with Crippen molar-refractivity contribution in [2.24, 2.45) is 0 Å². The number of nitrogens with zero attached hydrogens (tertiary/aromatic N) is 1. The topological polar surface area (TPSA) is 61.8 Å². The van der Waals surface area contributed by atoms with Gasteiger partial charge in [0.2, 0.25) is 4.91 Å². The maximum atomic E-state index is 5.50. The van der Waals surface area contributed by atoms with Crippen LogP contribution in [0.15, 0.2) is 0 Å². The van der Waals surface area contributed by atoms with E-state index in [0.29, 0.717) is 3.74 Å². The first-order chi connectivity index (χ1) is 3.68. The highest BCUT2D eigenvalue weighted by molar-refractivity contribution is 9.24. The molecule has 0 amide bonds. The van der Waals surface area contributed by atoms with E-state index in [-0.39, 0.29) is 0 Å². The summed E-state index contributed by atoms with van der Waals surface area (Å²) in [7, 11) is 0. The van der Waals surface area contributed by atoms with Crippen molar-refractivity contribution in [3.63, 3.8) is 0 Å². The van der Waals surface area contributed by atoms with E-state index in [4.69, 9.17) is 11.1 Å². The van der Waals surface area contributed by atoms with Crippen molar-refractivity contribution in [2.75, 3.05) is 0 Å². The lowest BCUT2D eigenvalue weighted by molar-refractivity contribution is 0.928. The number of alkyl halides is 2. The molecule has 0 aromatic rings. The smallest absolute Gasteiger partial charge is 0.0765 e. The first kappa shape index (κ1) is 11.1. The van der Waals surface area contributed by atoms with Crippen LogP contribution >= 0.6 is 31.9 Å². The molecule has 0 radical (unpaired) electrons. The second kappa shape index (κ2) is 10.3. The molecule has 0 aliphatic rings. The minimum absolute atomic E-state index is 0.509. The Hall–Kier alpha value is 0.270.